The first-order valence-corrected chi connectivity index (χ1v) is 6.99. The van der Waals surface area contributed by atoms with Crippen molar-refractivity contribution in [1.82, 2.24) is 4.98 Å². The number of nitriles is 1. The van der Waals surface area contributed by atoms with Crippen LogP contribution < -0.4 is 4.90 Å². The second-order valence-corrected chi connectivity index (χ2v) is 5.53. The SMILES string of the molecule is N#Cc1cccc(N2CCC3CCCCC3C2)n1. The van der Waals surface area contributed by atoms with Crippen LogP contribution in [0.4, 0.5) is 5.82 Å². The second kappa shape index (κ2) is 4.97. The van der Waals surface area contributed by atoms with Crippen molar-refractivity contribution in [2.24, 2.45) is 11.8 Å². The number of anilines is 1. The maximum absolute atomic E-state index is 8.92. The summed E-state index contributed by atoms with van der Waals surface area (Å²) in [6, 6.07) is 7.87. The van der Waals surface area contributed by atoms with Gasteiger partial charge in [-0.2, -0.15) is 5.26 Å². The summed E-state index contributed by atoms with van der Waals surface area (Å²) in [5, 5.41) is 8.92. The van der Waals surface area contributed by atoms with Crippen LogP contribution in [0.15, 0.2) is 18.2 Å². The van der Waals surface area contributed by atoms with Gasteiger partial charge in [-0.15, -0.1) is 0 Å². The zero-order chi connectivity index (χ0) is 12.4. The van der Waals surface area contributed by atoms with Gasteiger partial charge in [-0.3, -0.25) is 0 Å². The molecular formula is C15H19N3. The molecule has 1 aliphatic heterocycles. The molecule has 0 N–H and O–H groups in total. The van der Waals surface area contributed by atoms with E-state index in [-0.39, 0.29) is 0 Å². The van der Waals surface area contributed by atoms with E-state index in [1.807, 2.05) is 12.1 Å². The van der Waals surface area contributed by atoms with Gasteiger partial charge < -0.3 is 4.90 Å². The molecule has 1 aromatic rings. The lowest BCUT2D eigenvalue weighted by atomic mass is 9.75. The summed E-state index contributed by atoms with van der Waals surface area (Å²) in [4.78, 5) is 6.79. The zero-order valence-electron chi connectivity index (χ0n) is 10.7. The highest BCUT2D eigenvalue weighted by molar-refractivity contribution is 5.42. The van der Waals surface area contributed by atoms with Crippen molar-refractivity contribution in [2.45, 2.75) is 32.1 Å². The van der Waals surface area contributed by atoms with Crippen molar-refractivity contribution in [2.75, 3.05) is 18.0 Å². The highest BCUT2D eigenvalue weighted by Gasteiger charge is 2.31. The number of piperidine rings is 1. The summed E-state index contributed by atoms with van der Waals surface area (Å²) in [7, 11) is 0. The Hall–Kier alpha value is -1.56. The third-order valence-electron chi connectivity index (χ3n) is 4.46. The molecule has 0 spiro atoms. The van der Waals surface area contributed by atoms with Crippen LogP contribution >= 0.6 is 0 Å². The van der Waals surface area contributed by atoms with E-state index >= 15 is 0 Å². The molecule has 18 heavy (non-hydrogen) atoms. The molecule has 1 aromatic heterocycles. The van der Waals surface area contributed by atoms with Gasteiger partial charge in [0.15, 0.2) is 0 Å². The maximum Gasteiger partial charge on any atom is 0.142 e. The fourth-order valence-electron chi connectivity index (χ4n) is 3.47. The van der Waals surface area contributed by atoms with Crippen LogP contribution in [0, 0.1) is 23.2 Å². The first-order valence-electron chi connectivity index (χ1n) is 6.99. The molecule has 1 aliphatic carbocycles. The molecule has 0 radical (unpaired) electrons. The number of hydrogen-bond acceptors (Lipinski definition) is 3. The summed E-state index contributed by atoms with van der Waals surface area (Å²) in [6.07, 6.45) is 6.90. The molecule has 0 amide bonds. The Balaban J connectivity index is 1.75. The van der Waals surface area contributed by atoms with Gasteiger partial charge in [0, 0.05) is 13.1 Å². The Morgan fingerprint density at radius 2 is 2.00 bits per heavy atom. The Labute approximate surface area is 108 Å². The monoisotopic (exact) mass is 241 g/mol. The lowest BCUT2D eigenvalue weighted by Gasteiger charge is -2.41. The number of aromatic nitrogens is 1. The van der Waals surface area contributed by atoms with Crippen LogP contribution in [-0.2, 0) is 0 Å². The van der Waals surface area contributed by atoms with Gasteiger partial charge in [-0.05, 0) is 36.8 Å². The molecule has 2 atom stereocenters. The molecular weight excluding hydrogens is 222 g/mol. The van der Waals surface area contributed by atoms with Crippen molar-refractivity contribution in [3.05, 3.63) is 23.9 Å². The number of hydrogen-bond donors (Lipinski definition) is 0. The highest BCUT2D eigenvalue weighted by Crippen LogP contribution is 2.37. The predicted molar refractivity (Wildman–Crippen MR) is 71.2 cm³/mol. The minimum absolute atomic E-state index is 0.526. The fourth-order valence-corrected chi connectivity index (χ4v) is 3.47. The normalized spacial score (nSPS) is 27.4. The van der Waals surface area contributed by atoms with E-state index in [9.17, 15) is 0 Å². The number of pyridine rings is 1. The van der Waals surface area contributed by atoms with Crippen molar-refractivity contribution in [3.8, 4) is 6.07 Å². The summed E-state index contributed by atoms with van der Waals surface area (Å²) in [5.74, 6) is 2.77. The minimum atomic E-state index is 0.526. The third kappa shape index (κ3) is 2.20. The Kier molecular flexibility index (Phi) is 3.19. The first kappa shape index (κ1) is 11.5. The number of rotatable bonds is 1. The average Bonchev–Trinajstić information content (AvgIpc) is 2.47. The van der Waals surface area contributed by atoms with Crippen LogP contribution in [0.2, 0.25) is 0 Å². The molecule has 0 aromatic carbocycles. The standard InChI is InChI=1S/C15H19N3/c16-10-14-6-3-7-15(17-14)18-9-8-12-4-1-2-5-13(12)11-18/h3,6-7,12-13H,1-2,4-5,8-9,11H2. The van der Waals surface area contributed by atoms with E-state index in [1.54, 1.807) is 6.07 Å². The predicted octanol–water partition coefficient (Wildman–Crippen LogP) is 2.97. The Bertz CT molecular complexity index is 463. The van der Waals surface area contributed by atoms with Crippen LogP contribution in [0.1, 0.15) is 37.8 Å². The van der Waals surface area contributed by atoms with Crippen LogP contribution in [-0.4, -0.2) is 18.1 Å². The van der Waals surface area contributed by atoms with E-state index in [0.717, 1.165) is 30.7 Å². The summed E-state index contributed by atoms with van der Waals surface area (Å²) in [6.45, 7) is 2.23. The lowest BCUT2D eigenvalue weighted by Crippen LogP contribution is -2.42. The van der Waals surface area contributed by atoms with Gasteiger partial charge in [0.25, 0.3) is 0 Å². The molecule has 94 valence electrons. The van der Waals surface area contributed by atoms with Crippen LogP contribution in [0.5, 0.6) is 0 Å². The Morgan fingerprint density at radius 1 is 1.17 bits per heavy atom. The van der Waals surface area contributed by atoms with Crippen LogP contribution in [0.25, 0.3) is 0 Å². The smallest absolute Gasteiger partial charge is 0.142 e. The lowest BCUT2D eigenvalue weighted by molar-refractivity contribution is 0.202. The number of nitrogens with zero attached hydrogens (tertiary/aromatic N) is 3. The van der Waals surface area contributed by atoms with Crippen molar-refractivity contribution in [1.29, 1.82) is 5.26 Å². The van der Waals surface area contributed by atoms with Gasteiger partial charge in [0.05, 0.1) is 0 Å². The van der Waals surface area contributed by atoms with E-state index in [0.29, 0.717) is 5.69 Å². The Morgan fingerprint density at radius 3 is 2.83 bits per heavy atom. The molecule has 2 fully saturated rings. The van der Waals surface area contributed by atoms with E-state index in [1.165, 1.54) is 32.1 Å². The van der Waals surface area contributed by atoms with Crippen molar-refractivity contribution in [3.63, 3.8) is 0 Å². The van der Waals surface area contributed by atoms with Crippen LogP contribution in [0.3, 0.4) is 0 Å². The van der Waals surface area contributed by atoms with Gasteiger partial charge in [0.1, 0.15) is 17.6 Å². The molecule has 1 saturated heterocycles. The van der Waals surface area contributed by atoms with E-state index in [2.05, 4.69) is 16.0 Å². The second-order valence-electron chi connectivity index (χ2n) is 5.53. The summed E-state index contributed by atoms with van der Waals surface area (Å²) in [5.41, 5.74) is 0.526. The summed E-state index contributed by atoms with van der Waals surface area (Å²) >= 11 is 0. The minimum Gasteiger partial charge on any atom is -0.356 e. The largest absolute Gasteiger partial charge is 0.356 e. The van der Waals surface area contributed by atoms with E-state index < -0.39 is 0 Å². The quantitative estimate of drug-likeness (QED) is 0.759. The van der Waals surface area contributed by atoms with Gasteiger partial charge in [-0.25, -0.2) is 4.98 Å². The molecule has 0 bridgehead atoms. The van der Waals surface area contributed by atoms with Gasteiger partial charge >= 0.3 is 0 Å². The van der Waals surface area contributed by atoms with E-state index in [4.69, 9.17) is 5.26 Å². The van der Waals surface area contributed by atoms with Crippen molar-refractivity contribution >= 4 is 5.82 Å². The zero-order valence-corrected chi connectivity index (χ0v) is 10.7. The molecule has 1 saturated carbocycles. The highest BCUT2D eigenvalue weighted by atomic mass is 15.2. The van der Waals surface area contributed by atoms with Gasteiger partial charge in [0.2, 0.25) is 0 Å². The maximum atomic E-state index is 8.92. The third-order valence-corrected chi connectivity index (χ3v) is 4.46. The molecule has 2 unspecified atom stereocenters. The average molecular weight is 241 g/mol. The molecule has 3 nitrogen and oxygen atoms in total. The van der Waals surface area contributed by atoms with Gasteiger partial charge in [-0.1, -0.05) is 25.3 Å². The summed E-state index contributed by atoms with van der Waals surface area (Å²) < 4.78 is 0. The fraction of sp³-hybridized carbons (Fsp3) is 0.600. The molecule has 3 rings (SSSR count). The molecule has 2 aliphatic rings. The van der Waals surface area contributed by atoms with Crippen molar-refractivity contribution < 1.29 is 0 Å². The number of fused-ring (bicyclic) bond motifs is 1. The molecule has 2 heterocycles. The molecule has 3 heteroatoms. The topological polar surface area (TPSA) is 39.9 Å². The first-order chi connectivity index (χ1) is 8.86.